The number of aryl methyl sites for hydroxylation is 1. The number of nitrogens with zero attached hydrogens (tertiary/aromatic N) is 4. The van der Waals surface area contributed by atoms with Crippen molar-refractivity contribution in [2.45, 2.75) is 46.6 Å². The van der Waals surface area contributed by atoms with Gasteiger partial charge in [-0.2, -0.15) is 5.10 Å². The predicted octanol–water partition coefficient (Wildman–Crippen LogP) is 5.26. The molecule has 1 atom stereocenters. The van der Waals surface area contributed by atoms with Crippen LogP contribution in [-0.2, 0) is 4.79 Å². The van der Waals surface area contributed by atoms with E-state index in [2.05, 4.69) is 63.4 Å². The van der Waals surface area contributed by atoms with Gasteiger partial charge < -0.3 is 15.2 Å². The molecule has 0 fully saturated rings. The lowest BCUT2D eigenvalue weighted by Gasteiger charge is -2.13. The summed E-state index contributed by atoms with van der Waals surface area (Å²) < 4.78 is 3.59. The Bertz CT molecular complexity index is 1340. The minimum Gasteiger partial charge on any atom is -0.324 e. The molecule has 180 valence electrons. The molecule has 35 heavy (non-hydrogen) atoms. The van der Waals surface area contributed by atoms with E-state index in [9.17, 15) is 9.59 Å². The first kappa shape index (κ1) is 23.9. The fraction of sp³-hybridized carbons (Fsp3) is 0.259. The molecule has 2 N–H and O–H groups in total. The van der Waals surface area contributed by atoms with Gasteiger partial charge in [-0.1, -0.05) is 26.0 Å². The number of hydrogen-bond donors (Lipinski definition) is 2. The van der Waals surface area contributed by atoms with E-state index in [-0.39, 0.29) is 11.8 Å². The average Bonchev–Trinajstić information content (AvgIpc) is 3.48. The van der Waals surface area contributed by atoms with Crippen molar-refractivity contribution in [3.05, 3.63) is 89.8 Å². The third-order valence-electron chi connectivity index (χ3n) is 6.09. The number of carbonyl (C=O) groups is 2. The van der Waals surface area contributed by atoms with Gasteiger partial charge in [0.1, 0.15) is 18.7 Å². The van der Waals surface area contributed by atoms with E-state index in [4.69, 9.17) is 0 Å². The molecule has 2 amide bonds. The maximum atomic E-state index is 13.1. The Kier molecular flexibility index (Phi) is 6.82. The topological polar surface area (TPSA) is 93.8 Å². The lowest BCUT2D eigenvalue weighted by atomic mass is 10.0. The Labute approximate surface area is 205 Å². The number of hydrogen-bond acceptors (Lipinski definition) is 4. The highest BCUT2D eigenvalue weighted by Gasteiger charge is 2.18. The van der Waals surface area contributed by atoms with Gasteiger partial charge in [0.25, 0.3) is 5.91 Å². The van der Waals surface area contributed by atoms with Gasteiger partial charge in [0.15, 0.2) is 0 Å². The summed E-state index contributed by atoms with van der Waals surface area (Å²) >= 11 is 0. The van der Waals surface area contributed by atoms with E-state index < -0.39 is 6.04 Å². The molecule has 0 spiro atoms. The second-order valence-corrected chi connectivity index (χ2v) is 8.94. The van der Waals surface area contributed by atoms with Crippen LogP contribution in [0.3, 0.4) is 0 Å². The highest BCUT2D eigenvalue weighted by atomic mass is 16.2. The lowest BCUT2D eigenvalue weighted by molar-refractivity contribution is -0.119. The second kappa shape index (κ2) is 9.97. The molecule has 2 aromatic carbocycles. The van der Waals surface area contributed by atoms with Crippen molar-refractivity contribution in [1.29, 1.82) is 0 Å². The van der Waals surface area contributed by atoms with E-state index in [1.54, 1.807) is 31.2 Å². The highest BCUT2D eigenvalue weighted by molar-refractivity contribution is 6.05. The van der Waals surface area contributed by atoms with E-state index in [1.807, 2.05) is 19.9 Å². The van der Waals surface area contributed by atoms with Crippen LogP contribution in [0.1, 0.15) is 60.0 Å². The molecule has 4 aromatic rings. The quantitative estimate of drug-likeness (QED) is 0.385. The summed E-state index contributed by atoms with van der Waals surface area (Å²) in [6, 6.07) is 16.9. The van der Waals surface area contributed by atoms with Gasteiger partial charge in [0.05, 0.1) is 5.56 Å². The van der Waals surface area contributed by atoms with Crippen molar-refractivity contribution < 1.29 is 9.59 Å². The zero-order chi connectivity index (χ0) is 25.1. The molecule has 0 aliphatic heterocycles. The van der Waals surface area contributed by atoms with Crippen LogP contribution in [0.5, 0.6) is 0 Å². The van der Waals surface area contributed by atoms with Crippen LogP contribution < -0.4 is 10.6 Å². The largest absolute Gasteiger partial charge is 0.324 e. The molecule has 8 nitrogen and oxygen atoms in total. The first-order valence-corrected chi connectivity index (χ1v) is 11.6. The van der Waals surface area contributed by atoms with Gasteiger partial charge in [0, 0.05) is 28.5 Å². The fourth-order valence-corrected chi connectivity index (χ4v) is 4.03. The molecule has 2 heterocycles. The summed E-state index contributed by atoms with van der Waals surface area (Å²) in [5.74, 6) is 0.0367. The summed E-state index contributed by atoms with van der Waals surface area (Å²) in [6.07, 6.45) is 2.89. The third kappa shape index (κ3) is 5.16. The number of rotatable bonds is 7. The number of anilines is 2. The summed E-state index contributed by atoms with van der Waals surface area (Å²) in [5.41, 5.74) is 6.07. The van der Waals surface area contributed by atoms with Crippen LogP contribution in [0.25, 0.3) is 5.69 Å². The SMILES string of the molecule is Cc1cc(C(=O)Nc2ccc(NC(=O)[C@@H](C)n3cncn3)cc2)c(C)n1-c1cccc(C(C)C)c1. The monoisotopic (exact) mass is 470 g/mol. The molecule has 0 radical (unpaired) electrons. The van der Waals surface area contributed by atoms with Gasteiger partial charge in [-0.15, -0.1) is 0 Å². The Hall–Kier alpha value is -4.20. The molecule has 2 aromatic heterocycles. The van der Waals surface area contributed by atoms with Crippen LogP contribution in [0.15, 0.2) is 67.3 Å². The van der Waals surface area contributed by atoms with Crippen molar-refractivity contribution in [3.63, 3.8) is 0 Å². The maximum absolute atomic E-state index is 13.1. The van der Waals surface area contributed by atoms with Gasteiger partial charge >= 0.3 is 0 Å². The molecular formula is C27H30N6O2. The molecule has 0 saturated heterocycles. The minimum atomic E-state index is -0.492. The van der Waals surface area contributed by atoms with Crippen molar-refractivity contribution >= 4 is 23.2 Å². The van der Waals surface area contributed by atoms with Gasteiger partial charge in [-0.3, -0.25) is 9.59 Å². The lowest BCUT2D eigenvalue weighted by Crippen LogP contribution is -2.24. The molecule has 0 aliphatic carbocycles. The van der Waals surface area contributed by atoms with E-state index in [0.717, 1.165) is 17.1 Å². The Morgan fingerprint density at radius 1 is 0.914 bits per heavy atom. The Balaban J connectivity index is 1.46. The van der Waals surface area contributed by atoms with Crippen molar-refractivity contribution in [1.82, 2.24) is 19.3 Å². The van der Waals surface area contributed by atoms with Crippen molar-refractivity contribution in [2.75, 3.05) is 10.6 Å². The maximum Gasteiger partial charge on any atom is 0.257 e. The normalized spacial score (nSPS) is 11.9. The molecule has 0 aliphatic rings. The summed E-state index contributed by atoms with van der Waals surface area (Å²) in [5, 5.41) is 9.80. The van der Waals surface area contributed by atoms with E-state index in [1.165, 1.54) is 22.9 Å². The van der Waals surface area contributed by atoms with Crippen molar-refractivity contribution in [3.8, 4) is 5.69 Å². The summed E-state index contributed by atoms with van der Waals surface area (Å²) in [7, 11) is 0. The zero-order valence-electron chi connectivity index (χ0n) is 20.6. The molecule has 0 unspecified atom stereocenters. The number of amides is 2. The molecule has 4 rings (SSSR count). The van der Waals surface area contributed by atoms with Gasteiger partial charge in [0.2, 0.25) is 5.91 Å². The number of benzene rings is 2. The van der Waals surface area contributed by atoms with Crippen LogP contribution in [0.2, 0.25) is 0 Å². The molecule has 8 heteroatoms. The molecule has 0 saturated carbocycles. The van der Waals surface area contributed by atoms with Crippen LogP contribution >= 0.6 is 0 Å². The van der Waals surface area contributed by atoms with Gasteiger partial charge in [-0.05, 0) is 74.7 Å². The Morgan fingerprint density at radius 2 is 1.60 bits per heavy atom. The van der Waals surface area contributed by atoms with Crippen LogP contribution in [0, 0.1) is 13.8 Å². The van der Waals surface area contributed by atoms with E-state index in [0.29, 0.717) is 22.9 Å². The number of aromatic nitrogens is 4. The van der Waals surface area contributed by atoms with Crippen LogP contribution in [0.4, 0.5) is 11.4 Å². The fourth-order valence-electron chi connectivity index (χ4n) is 4.03. The smallest absolute Gasteiger partial charge is 0.257 e. The summed E-state index contributed by atoms with van der Waals surface area (Å²) in [6.45, 7) is 10.0. The van der Waals surface area contributed by atoms with Crippen LogP contribution in [-0.4, -0.2) is 31.1 Å². The third-order valence-corrected chi connectivity index (χ3v) is 6.09. The van der Waals surface area contributed by atoms with E-state index >= 15 is 0 Å². The second-order valence-electron chi connectivity index (χ2n) is 8.94. The van der Waals surface area contributed by atoms with Gasteiger partial charge in [-0.25, -0.2) is 9.67 Å². The summed E-state index contributed by atoms with van der Waals surface area (Å²) in [4.78, 5) is 29.4. The number of carbonyl (C=O) groups excluding carboxylic acids is 2. The zero-order valence-corrected chi connectivity index (χ0v) is 20.6. The van der Waals surface area contributed by atoms with Crippen molar-refractivity contribution in [2.24, 2.45) is 0 Å². The standard InChI is InChI=1S/C27H30N6O2/c1-17(2)21-7-6-8-24(14-21)33-18(3)13-25(19(33)4)27(35)31-23-11-9-22(10-12-23)30-26(34)20(5)32-16-28-15-29-32/h6-17,20H,1-5H3,(H,30,34)(H,31,35)/t20-/m1/s1. The average molecular weight is 471 g/mol. The number of nitrogens with one attached hydrogen (secondary N) is 2. The first-order chi connectivity index (χ1) is 16.7. The predicted molar refractivity (Wildman–Crippen MR) is 137 cm³/mol. The molecule has 0 bridgehead atoms. The first-order valence-electron chi connectivity index (χ1n) is 11.6. The minimum absolute atomic E-state index is 0.180. The highest BCUT2D eigenvalue weighted by Crippen LogP contribution is 2.25. The molecular weight excluding hydrogens is 440 g/mol. The Morgan fingerprint density at radius 3 is 2.23 bits per heavy atom.